The molecule has 0 unspecified atom stereocenters. The van der Waals surface area contributed by atoms with E-state index in [0.29, 0.717) is 33.6 Å². The smallest absolute Gasteiger partial charge is 0.161 e. The number of benzene rings is 3. The van der Waals surface area contributed by atoms with Gasteiger partial charge in [0.2, 0.25) is 0 Å². The minimum atomic E-state index is -0.844. The van der Waals surface area contributed by atoms with Gasteiger partial charge in [-0.3, -0.25) is 0 Å². The van der Waals surface area contributed by atoms with Crippen molar-refractivity contribution in [3.8, 4) is 23.0 Å². The number of hydrogen-bond donors (Lipinski definition) is 3. The highest BCUT2D eigenvalue weighted by atomic mass is 16.5. The summed E-state index contributed by atoms with van der Waals surface area (Å²) in [6, 6.07) is 11.4. The fraction of sp³-hybridized carbons (Fsp3) is 0.400. The molecule has 38 heavy (non-hydrogen) atoms. The number of rotatable bonds is 12. The molecule has 0 saturated heterocycles. The zero-order valence-electron chi connectivity index (χ0n) is 23.2. The van der Waals surface area contributed by atoms with E-state index in [1.165, 1.54) is 7.11 Å². The van der Waals surface area contributed by atoms with E-state index >= 15 is 0 Å². The first-order chi connectivity index (χ1) is 18.2. The lowest BCUT2D eigenvalue weighted by Crippen LogP contribution is -2.27. The van der Waals surface area contributed by atoms with Crippen LogP contribution in [0.1, 0.15) is 51.4 Å². The van der Waals surface area contributed by atoms with Gasteiger partial charge in [-0.2, -0.15) is 0 Å². The lowest BCUT2D eigenvalue weighted by Gasteiger charge is -2.34. The number of phenolic OH excluding ortho intramolecular Hbond substituents is 3. The molecule has 0 aliphatic rings. The first-order valence-corrected chi connectivity index (χ1v) is 12.2. The van der Waals surface area contributed by atoms with E-state index in [4.69, 9.17) is 23.7 Å². The number of phenols is 3. The Balaban J connectivity index is 2.47. The van der Waals surface area contributed by atoms with E-state index in [-0.39, 0.29) is 43.7 Å². The molecule has 3 rings (SSSR count). The molecule has 0 aliphatic heterocycles. The highest BCUT2D eigenvalue weighted by molar-refractivity contribution is 5.60. The number of hydrogen-bond acceptors (Lipinski definition) is 8. The molecule has 3 aromatic rings. The summed E-state index contributed by atoms with van der Waals surface area (Å²) in [5.41, 5.74) is 4.77. The van der Waals surface area contributed by atoms with Gasteiger partial charge < -0.3 is 39.0 Å². The van der Waals surface area contributed by atoms with E-state index in [9.17, 15) is 15.3 Å². The molecule has 0 aromatic heterocycles. The predicted molar refractivity (Wildman–Crippen MR) is 144 cm³/mol. The van der Waals surface area contributed by atoms with Crippen LogP contribution in [0.3, 0.4) is 0 Å². The van der Waals surface area contributed by atoms with Crippen LogP contribution < -0.4 is 4.74 Å². The molecule has 0 bridgehead atoms. The highest BCUT2D eigenvalue weighted by Gasteiger charge is 2.35. The minimum Gasteiger partial charge on any atom is -0.507 e. The van der Waals surface area contributed by atoms with Gasteiger partial charge >= 0.3 is 0 Å². The van der Waals surface area contributed by atoms with Crippen LogP contribution in [0.15, 0.2) is 36.4 Å². The summed E-state index contributed by atoms with van der Waals surface area (Å²) in [6.07, 6.45) is 0. The van der Waals surface area contributed by atoms with Crippen LogP contribution in [-0.2, 0) is 50.8 Å². The van der Waals surface area contributed by atoms with E-state index in [1.807, 2.05) is 37.3 Å². The molecule has 0 heterocycles. The second-order valence-electron chi connectivity index (χ2n) is 9.49. The van der Waals surface area contributed by atoms with Gasteiger partial charge in [-0.1, -0.05) is 6.07 Å². The second-order valence-corrected chi connectivity index (χ2v) is 9.49. The molecule has 3 aromatic carbocycles. The molecule has 0 fully saturated rings. The summed E-state index contributed by atoms with van der Waals surface area (Å²) >= 11 is 0. The summed E-state index contributed by atoms with van der Waals surface area (Å²) < 4.78 is 27.1. The molecular weight excluding hydrogens is 488 g/mol. The zero-order chi connectivity index (χ0) is 28.0. The van der Waals surface area contributed by atoms with Crippen LogP contribution in [0.4, 0.5) is 0 Å². The maximum atomic E-state index is 10.9. The van der Waals surface area contributed by atoms with Gasteiger partial charge in [0.15, 0.2) is 11.5 Å². The van der Waals surface area contributed by atoms with E-state index in [1.54, 1.807) is 34.5 Å². The average molecular weight is 527 g/mol. The maximum absolute atomic E-state index is 10.9. The number of methoxy groups -OCH3 is 5. The Morgan fingerprint density at radius 1 is 0.553 bits per heavy atom. The quantitative estimate of drug-likeness (QED) is 0.281. The molecule has 0 radical (unpaired) electrons. The average Bonchev–Trinajstić information content (AvgIpc) is 2.90. The Morgan fingerprint density at radius 3 is 1.21 bits per heavy atom. The van der Waals surface area contributed by atoms with Gasteiger partial charge in [0.05, 0.1) is 33.5 Å². The first-order valence-electron chi connectivity index (χ1n) is 12.2. The molecular formula is C30H38O8. The SMILES string of the molecule is COCc1cc(C(C)(c2cc(COC)c(O)c(COC)c2)c2cc(C)c(O)c(OC)c2)cc(COC)c1O. The van der Waals surface area contributed by atoms with Gasteiger partial charge in [-0.15, -0.1) is 0 Å². The van der Waals surface area contributed by atoms with Crippen molar-refractivity contribution in [2.45, 2.75) is 45.7 Å². The fourth-order valence-corrected chi connectivity index (χ4v) is 4.85. The van der Waals surface area contributed by atoms with Gasteiger partial charge in [0.1, 0.15) is 11.5 Å². The Morgan fingerprint density at radius 2 is 0.895 bits per heavy atom. The summed E-state index contributed by atoms with van der Waals surface area (Å²) in [5.74, 6) is 0.637. The summed E-state index contributed by atoms with van der Waals surface area (Å²) in [6.45, 7) is 4.66. The third-order valence-electron chi connectivity index (χ3n) is 6.95. The molecule has 3 N–H and O–H groups in total. The lowest BCUT2D eigenvalue weighted by molar-refractivity contribution is 0.174. The predicted octanol–water partition coefficient (Wildman–Crippen LogP) is 5.06. The zero-order valence-corrected chi connectivity index (χ0v) is 23.2. The van der Waals surface area contributed by atoms with E-state index < -0.39 is 5.41 Å². The van der Waals surface area contributed by atoms with Crippen LogP contribution in [-0.4, -0.2) is 50.9 Å². The molecule has 0 amide bonds. The standard InChI is InChI=1S/C30H38O8/c1-18-8-23(13-26(38-7)27(18)31)30(2,24-9-19(14-34-3)28(32)20(10-24)15-35-4)25-11-21(16-36-5)29(33)22(12-25)17-37-6/h8-13,31-33H,14-17H2,1-7H3. The normalized spacial score (nSPS) is 11.7. The van der Waals surface area contributed by atoms with Crippen molar-refractivity contribution in [3.05, 3.63) is 80.9 Å². The minimum absolute atomic E-state index is 0.0651. The number of aromatic hydroxyl groups is 3. The monoisotopic (exact) mass is 526 g/mol. The van der Waals surface area contributed by atoms with E-state index in [2.05, 4.69) is 6.92 Å². The van der Waals surface area contributed by atoms with Crippen molar-refractivity contribution in [1.29, 1.82) is 0 Å². The largest absolute Gasteiger partial charge is 0.507 e. The Labute approximate surface area is 224 Å². The highest BCUT2D eigenvalue weighted by Crippen LogP contribution is 2.46. The molecule has 8 nitrogen and oxygen atoms in total. The Kier molecular flexibility index (Phi) is 9.62. The van der Waals surface area contributed by atoms with Crippen LogP contribution in [0.25, 0.3) is 0 Å². The van der Waals surface area contributed by atoms with Crippen molar-refractivity contribution in [2.75, 3.05) is 35.5 Å². The molecule has 206 valence electrons. The molecule has 0 spiro atoms. The number of ether oxygens (including phenoxy) is 5. The Hall–Kier alpha value is -3.30. The van der Waals surface area contributed by atoms with Crippen LogP contribution >= 0.6 is 0 Å². The van der Waals surface area contributed by atoms with Crippen molar-refractivity contribution in [3.63, 3.8) is 0 Å². The third-order valence-corrected chi connectivity index (χ3v) is 6.95. The van der Waals surface area contributed by atoms with E-state index in [0.717, 1.165) is 16.7 Å². The fourth-order valence-electron chi connectivity index (χ4n) is 4.85. The molecule has 8 heteroatoms. The maximum Gasteiger partial charge on any atom is 0.161 e. The van der Waals surface area contributed by atoms with Crippen LogP contribution in [0.2, 0.25) is 0 Å². The first kappa shape index (κ1) is 29.3. The summed E-state index contributed by atoms with van der Waals surface area (Å²) in [5, 5.41) is 32.5. The van der Waals surface area contributed by atoms with Crippen molar-refractivity contribution >= 4 is 0 Å². The van der Waals surface area contributed by atoms with Gasteiger partial charge in [-0.25, -0.2) is 0 Å². The third kappa shape index (κ3) is 5.59. The van der Waals surface area contributed by atoms with Crippen LogP contribution in [0.5, 0.6) is 23.0 Å². The van der Waals surface area contributed by atoms with Crippen molar-refractivity contribution < 1.29 is 39.0 Å². The second kappa shape index (κ2) is 12.5. The van der Waals surface area contributed by atoms with Gasteiger partial charge in [-0.05, 0) is 66.4 Å². The Bertz CT molecular complexity index is 1150. The van der Waals surface area contributed by atoms with Gasteiger partial charge in [0, 0.05) is 56.1 Å². The van der Waals surface area contributed by atoms with Crippen LogP contribution in [0, 0.1) is 6.92 Å². The van der Waals surface area contributed by atoms with Crippen molar-refractivity contribution in [2.24, 2.45) is 0 Å². The van der Waals surface area contributed by atoms with Crippen molar-refractivity contribution in [1.82, 2.24) is 0 Å². The van der Waals surface area contributed by atoms with Gasteiger partial charge in [0.25, 0.3) is 0 Å². The summed E-state index contributed by atoms with van der Waals surface area (Å²) in [4.78, 5) is 0. The number of aryl methyl sites for hydroxylation is 1. The molecule has 0 aliphatic carbocycles. The summed E-state index contributed by atoms with van der Waals surface area (Å²) in [7, 11) is 7.80. The molecule has 0 saturated carbocycles. The topological polar surface area (TPSA) is 107 Å². The molecule has 0 atom stereocenters. The lowest BCUT2D eigenvalue weighted by atomic mass is 9.69.